The first kappa shape index (κ1) is 21.4. The topological polar surface area (TPSA) is 70.2 Å². The van der Waals surface area contributed by atoms with Crippen LogP contribution in [0.1, 0.15) is 33.4 Å². The summed E-state index contributed by atoms with van der Waals surface area (Å²) in [6.07, 6.45) is 0.653. The number of H-pyrrole nitrogens is 1. The molecule has 1 aliphatic rings. The van der Waals surface area contributed by atoms with Gasteiger partial charge in [0, 0.05) is 25.2 Å². The molecule has 1 aliphatic heterocycles. The Balaban J connectivity index is 1.37. The SMILES string of the molecule is O=C(N[C@@H](Cc1ccccc1)c1nc2ccccc2[nH]1)c1cccc(CN2CCOCC2)c1. The molecule has 168 valence electrons. The Labute approximate surface area is 193 Å². The second-order valence-corrected chi connectivity index (χ2v) is 8.44. The minimum absolute atomic E-state index is 0.0970. The molecule has 1 fully saturated rings. The minimum atomic E-state index is -0.268. The number of imidazole rings is 1. The Kier molecular flexibility index (Phi) is 6.46. The standard InChI is InChI=1S/C27H28N4O2/c32-27(22-10-6-9-21(17-22)19-31-13-15-33-16-14-31)30-25(18-20-7-2-1-3-8-20)26-28-23-11-4-5-12-24(23)29-26/h1-12,17,25H,13-16,18-19H2,(H,28,29)(H,30,32)/t25-/m0/s1. The zero-order chi connectivity index (χ0) is 22.5. The van der Waals surface area contributed by atoms with Crippen molar-refractivity contribution in [3.05, 3.63) is 101 Å². The van der Waals surface area contributed by atoms with E-state index in [0.717, 1.165) is 60.8 Å². The van der Waals surface area contributed by atoms with Crippen LogP contribution in [0.2, 0.25) is 0 Å². The molecule has 2 heterocycles. The van der Waals surface area contributed by atoms with E-state index in [1.54, 1.807) is 0 Å². The van der Waals surface area contributed by atoms with E-state index in [9.17, 15) is 4.79 Å². The Bertz CT molecular complexity index is 1180. The summed E-state index contributed by atoms with van der Waals surface area (Å²) in [5, 5.41) is 3.22. The Morgan fingerprint density at radius 1 is 0.970 bits per heavy atom. The maximum Gasteiger partial charge on any atom is 0.251 e. The first-order chi connectivity index (χ1) is 16.2. The highest BCUT2D eigenvalue weighted by molar-refractivity contribution is 5.94. The first-order valence-corrected chi connectivity index (χ1v) is 11.4. The third-order valence-corrected chi connectivity index (χ3v) is 6.02. The molecule has 0 radical (unpaired) electrons. The Morgan fingerprint density at radius 2 is 1.73 bits per heavy atom. The van der Waals surface area contributed by atoms with Crippen molar-refractivity contribution in [2.24, 2.45) is 0 Å². The lowest BCUT2D eigenvalue weighted by atomic mass is 10.0. The lowest BCUT2D eigenvalue weighted by Gasteiger charge is -2.26. The van der Waals surface area contributed by atoms with Crippen LogP contribution in [0, 0.1) is 0 Å². The van der Waals surface area contributed by atoms with E-state index < -0.39 is 0 Å². The number of para-hydroxylation sites is 2. The van der Waals surface area contributed by atoms with Gasteiger partial charge in [0.25, 0.3) is 5.91 Å². The highest BCUT2D eigenvalue weighted by Gasteiger charge is 2.20. The van der Waals surface area contributed by atoms with Crippen molar-refractivity contribution in [2.45, 2.75) is 19.0 Å². The summed E-state index contributed by atoms with van der Waals surface area (Å²) in [6.45, 7) is 4.18. The maximum atomic E-state index is 13.3. The largest absolute Gasteiger partial charge is 0.379 e. The zero-order valence-electron chi connectivity index (χ0n) is 18.5. The number of aromatic nitrogens is 2. The number of rotatable bonds is 7. The third kappa shape index (κ3) is 5.30. The van der Waals surface area contributed by atoms with Crippen LogP contribution in [0.15, 0.2) is 78.9 Å². The van der Waals surface area contributed by atoms with E-state index >= 15 is 0 Å². The molecular weight excluding hydrogens is 412 g/mol. The van der Waals surface area contributed by atoms with Gasteiger partial charge in [-0.1, -0.05) is 54.6 Å². The van der Waals surface area contributed by atoms with Gasteiger partial charge in [0.05, 0.1) is 30.3 Å². The number of nitrogens with zero attached hydrogens (tertiary/aromatic N) is 2. The number of morpholine rings is 1. The van der Waals surface area contributed by atoms with Gasteiger partial charge in [-0.3, -0.25) is 9.69 Å². The van der Waals surface area contributed by atoms with E-state index in [-0.39, 0.29) is 11.9 Å². The van der Waals surface area contributed by atoms with Gasteiger partial charge in [-0.15, -0.1) is 0 Å². The lowest BCUT2D eigenvalue weighted by Crippen LogP contribution is -2.35. The van der Waals surface area contributed by atoms with E-state index in [1.165, 1.54) is 0 Å². The average Bonchev–Trinajstić information content (AvgIpc) is 3.29. The molecule has 0 aliphatic carbocycles. The van der Waals surface area contributed by atoms with Crippen LogP contribution in [0.5, 0.6) is 0 Å². The number of fused-ring (bicyclic) bond motifs is 1. The summed E-state index contributed by atoms with van der Waals surface area (Å²) < 4.78 is 5.44. The number of aromatic amines is 1. The monoisotopic (exact) mass is 440 g/mol. The normalized spacial score (nSPS) is 15.4. The molecule has 3 aromatic carbocycles. The summed E-state index contributed by atoms with van der Waals surface area (Å²) in [4.78, 5) is 23.8. The number of ether oxygens (including phenoxy) is 1. The van der Waals surface area contributed by atoms with Crippen LogP contribution in [0.25, 0.3) is 11.0 Å². The molecule has 0 saturated carbocycles. The second kappa shape index (κ2) is 9.98. The third-order valence-electron chi connectivity index (χ3n) is 6.02. The zero-order valence-corrected chi connectivity index (χ0v) is 18.5. The summed E-state index contributed by atoms with van der Waals surface area (Å²) in [5.74, 6) is 0.665. The van der Waals surface area contributed by atoms with Crippen molar-refractivity contribution in [1.82, 2.24) is 20.2 Å². The summed E-state index contributed by atoms with van der Waals surface area (Å²) >= 11 is 0. The molecular formula is C27H28N4O2. The number of benzene rings is 3. The molecule has 4 aromatic rings. The molecule has 2 N–H and O–H groups in total. The van der Waals surface area contributed by atoms with Crippen molar-refractivity contribution >= 4 is 16.9 Å². The Hall–Kier alpha value is -3.48. The van der Waals surface area contributed by atoms with Gasteiger partial charge in [0.2, 0.25) is 0 Å². The van der Waals surface area contributed by atoms with Crippen molar-refractivity contribution in [2.75, 3.05) is 26.3 Å². The predicted octanol–water partition coefficient (Wildman–Crippen LogP) is 4.11. The van der Waals surface area contributed by atoms with E-state index in [1.807, 2.05) is 60.7 Å². The average molecular weight is 441 g/mol. The number of hydrogen-bond donors (Lipinski definition) is 2. The molecule has 1 saturated heterocycles. The maximum absolute atomic E-state index is 13.3. The predicted molar refractivity (Wildman–Crippen MR) is 129 cm³/mol. The molecule has 0 bridgehead atoms. The minimum Gasteiger partial charge on any atom is -0.379 e. The summed E-state index contributed by atoms with van der Waals surface area (Å²) in [7, 11) is 0. The molecule has 33 heavy (non-hydrogen) atoms. The molecule has 5 rings (SSSR count). The smallest absolute Gasteiger partial charge is 0.251 e. The molecule has 1 atom stereocenters. The Morgan fingerprint density at radius 3 is 2.55 bits per heavy atom. The summed E-state index contributed by atoms with van der Waals surface area (Å²) in [6, 6.07) is 25.7. The fourth-order valence-electron chi connectivity index (χ4n) is 4.27. The van der Waals surface area contributed by atoms with Gasteiger partial charge in [0.15, 0.2) is 0 Å². The molecule has 1 aromatic heterocycles. The van der Waals surface area contributed by atoms with Crippen molar-refractivity contribution in [3.8, 4) is 0 Å². The van der Waals surface area contributed by atoms with Gasteiger partial charge in [-0.2, -0.15) is 0 Å². The molecule has 1 amide bonds. The fraction of sp³-hybridized carbons (Fsp3) is 0.259. The quantitative estimate of drug-likeness (QED) is 0.454. The van der Waals surface area contributed by atoms with Gasteiger partial charge in [0.1, 0.15) is 5.82 Å². The van der Waals surface area contributed by atoms with Gasteiger partial charge in [-0.05, 0) is 41.8 Å². The number of hydrogen-bond acceptors (Lipinski definition) is 4. The van der Waals surface area contributed by atoms with Crippen LogP contribution in [-0.4, -0.2) is 47.1 Å². The van der Waals surface area contributed by atoms with Crippen LogP contribution in [0.4, 0.5) is 0 Å². The van der Waals surface area contributed by atoms with Crippen LogP contribution < -0.4 is 5.32 Å². The molecule has 0 spiro atoms. The van der Waals surface area contributed by atoms with E-state index in [0.29, 0.717) is 12.0 Å². The number of carbonyl (C=O) groups is 1. The van der Waals surface area contributed by atoms with E-state index in [2.05, 4.69) is 33.4 Å². The van der Waals surface area contributed by atoms with Crippen molar-refractivity contribution in [3.63, 3.8) is 0 Å². The lowest BCUT2D eigenvalue weighted by molar-refractivity contribution is 0.0342. The molecule has 0 unspecified atom stereocenters. The van der Waals surface area contributed by atoms with Crippen molar-refractivity contribution in [1.29, 1.82) is 0 Å². The van der Waals surface area contributed by atoms with Gasteiger partial charge in [-0.25, -0.2) is 4.98 Å². The molecule has 6 nitrogen and oxygen atoms in total. The number of nitrogens with one attached hydrogen (secondary N) is 2. The van der Waals surface area contributed by atoms with Gasteiger partial charge < -0.3 is 15.0 Å². The summed E-state index contributed by atoms with van der Waals surface area (Å²) in [5.41, 5.74) is 4.80. The second-order valence-electron chi connectivity index (χ2n) is 8.44. The molecule has 6 heteroatoms. The van der Waals surface area contributed by atoms with Crippen LogP contribution in [0.3, 0.4) is 0 Å². The van der Waals surface area contributed by atoms with Crippen LogP contribution in [-0.2, 0) is 17.7 Å². The van der Waals surface area contributed by atoms with E-state index in [4.69, 9.17) is 9.72 Å². The first-order valence-electron chi connectivity index (χ1n) is 11.4. The highest BCUT2D eigenvalue weighted by atomic mass is 16.5. The number of amides is 1. The fourth-order valence-corrected chi connectivity index (χ4v) is 4.27. The number of carbonyl (C=O) groups excluding carboxylic acids is 1. The van der Waals surface area contributed by atoms with Crippen molar-refractivity contribution < 1.29 is 9.53 Å². The highest BCUT2D eigenvalue weighted by Crippen LogP contribution is 2.21. The van der Waals surface area contributed by atoms with Crippen LogP contribution >= 0.6 is 0 Å². The van der Waals surface area contributed by atoms with Gasteiger partial charge >= 0.3 is 0 Å².